The van der Waals surface area contributed by atoms with Crippen molar-refractivity contribution in [3.63, 3.8) is 0 Å². The summed E-state index contributed by atoms with van der Waals surface area (Å²) < 4.78 is 32.6. The summed E-state index contributed by atoms with van der Waals surface area (Å²) in [4.78, 5) is 8.21. The number of hydrogen-bond donors (Lipinski definition) is 1. The van der Waals surface area contributed by atoms with Crippen molar-refractivity contribution in [1.82, 2.24) is 14.7 Å². The van der Waals surface area contributed by atoms with Crippen LogP contribution >= 0.6 is 0 Å². The molecular weight excluding hydrogens is 314 g/mol. The molecule has 0 aliphatic carbocycles. The highest BCUT2D eigenvalue weighted by Crippen LogP contribution is 2.16. The van der Waals surface area contributed by atoms with E-state index in [0.717, 1.165) is 18.5 Å². The number of ether oxygens (including phenoxy) is 1. The first-order chi connectivity index (χ1) is 11.0. The predicted molar refractivity (Wildman–Crippen MR) is 87.6 cm³/mol. The average molecular weight is 335 g/mol. The predicted octanol–water partition coefficient (Wildman–Crippen LogP) is 2.44. The Morgan fingerprint density at radius 2 is 1.91 bits per heavy atom. The van der Waals surface area contributed by atoms with Gasteiger partial charge in [0.15, 0.2) is 0 Å². The van der Waals surface area contributed by atoms with Crippen LogP contribution in [0, 0.1) is 6.92 Å². The molecule has 6 nitrogen and oxygen atoms in total. The van der Waals surface area contributed by atoms with Crippen LogP contribution in [-0.2, 0) is 16.6 Å². The van der Waals surface area contributed by atoms with Crippen molar-refractivity contribution in [2.24, 2.45) is 0 Å². The molecular formula is C16H21N3O3S. The summed E-state index contributed by atoms with van der Waals surface area (Å²) >= 11 is 0. The lowest BCUT2D eigenvalue weighted by Crippen LogP contribution is -2.23. The molecule has 1 heterocycles. The lowest BCUT2D eigenvalue weighted by molar-refractivity contribution is 0.309. The molecule has 0 atom stereocenters. The lowest BCUT2D eigenvalue weighted by Gasteiger charge is -2.08. The topological polar surface area (TPSA) is 81.2 Å². The zero-order chi connectivity index (χ0) is 16.7. The van der Waals surface area contributed by atoms with Crippen LogP contribution < -0.4 is 9.46 Å². The molecule has 0 saturated carbocycles. The van der Waals surface area contributed by atoms with Gasteiger partial charge in [-0.05, 0) is 43.7 Å². The third-order valence-electron chi connectivity index (χ3n) is 3.20. The van der Waals surface area contributed by atoms with E-state index in [1.165, 1.54) is 18.5 Å². The fraction of sp³-hybridized carbons (Fsp3) is 0.375. The second-order valence-electron chi connectivity index (χ2n) is 5.15. The van der Waals surface area contributed by atoms with Crippen LogP contribution in [0.25, 0.3) is 0 Å². The molecule has 0 fully saturated rings. The molecule has 0 saturated heterocycles. The number of aryl methyl sites for hydroxylation is 1. The van der Waals surface area contributed by atoms with E-state index in [1.54, 1.807) is 18.2 Å². The fourth-order valence-corrected chi connectivity index (χ4v) is 2.91. The van der Waals surface area contributed by atoms with Crippen LogP contribution in [0.2, 0.25) is 0 Å². The molecule has 0 amide bonds. The minimum atomic E-state index is -3.58. The van der Waals surface area contributed by atoms with Gasteiger partial charge in [-0.15, -0.1) is 0 Å². The standard InChI is InChI=1S/C16H21N3O3S/c1-3-4-9-22-15-5-7-16(8-6-15)23(20,21)19-11-14-10-13(2)17-12-18-14/h5-8,10,12,19H,3-4,9,11H2,1-2H3. The van der Waals surface area contributed by atoms with Crippen molar-refractivity contribution in [3.8, 4) is 5.75 Å². The van der Waals surface area contributed by atoms with E-state index in [1.807, 2.05) is 6.92 Å². The van der Waals surface area contributed by atoms with Gasteiger partial charge in [-0.25, -0.2) is 23.1 Å². The average Bonchev–Trinajstić information content (AvgIpc) is 2.54. The minimum absolute atomic E-state index is 0.125. The Labute approximate surface area is 137 Å². The second kappa shape index (κ2) is 8.03. The van der Waals surface area contributed by atoms with Crippen molar-refractivity contribution in [2.45, 2.75) is 38.1 Å². The molecule has 7 heteroatoms. The van der Waals surface area contributed by atoms with E-state index >= 15 is 0 Å². The highest BCUT2D eigenvalue weighted by molar-refractivity contribution is 7.89. The molecule has 0 unspecified atom stereocenters. The maximum absolute atomic E-state index is 12.3. The number of sulfonamides is 1. The van der Waals surface area contributed by atoms with Crippen LogP contribution in [0.5, 0.6) is 5.75 Å². The molecule has 1 aromatic heterocycles. The summed E-state index contributed by atoms with van der Waals surface area (Å²) in [5, 5.41) is 0. The lowest BCUT2D eigenvalue weighted by atomic mass is 10.3. The van der Waals surface area contributed by atoms with Gasteiger partial charge in [0.2, 0.25) is 10.0 Å². The van der Waals surface area contributed by atoms with Crippen LogP contribution in [0.3, 0.4) is 0 Å². The number of unbranched alkanes of at least 4 members (excludes halogenated alkanes) is 1. The van der Waals surface area contributed by atoms with Crippen LogP contribution in [0.15, 0.2) is 41.6 Å². The molecule has 0 aliphatic rings. The van der Waals surface area contributed by atoms with Gasteiger partial charge < -0.3 is 4.74 Å². The summed E-state index contributed by atoms with van der Waals surface area (Å²) in [7, 11) is -3.58. The first-order valence-corrected chi connectivity index (χ1v) is 8.99. The van der Waals surface area contributed by atoms with Gasteiger partial charge in [-0.2, -0.15) is 0 Å². The quantitative estimate of drug-likeness (QED) is 0.749. The van der Waals surface area contributed by atoms with Crippen molar-refractivity contribution in [2.75, 3.05) is 6.61 Å². The number of nitrogens with zero attached hydrogens (tertiary/aromatic N) is 2. The second-order valence-corrected chi connectivity index (χ2v) is 6.92. The van der Waals surface area contributed by atoms with E-state index in [2.05, 4.69) is 21.6 Å². The summed E-state index contributed by atoms with van der Waals surface area (Å²) in [5.41, 5.74) is 1.42. The van der Waals surface area contributed by atoms with Gasteiger partial charge in [0.05, 0.1) is 23.7 Å². The third-order valence-corrected chi connectivity index (χ3v) is 4.62. The molecule has 0 spiro atoms. The first-order valence-electron chi connectivity index (χ1n) is 7.51. The summed E-state index contributed by atoms with van der Waals surface area (Å²) in [6, 6.07) is 8.15. The van der Waals surface area contributed by atoms with E-state index < -0.39 is 10.0 Å². The molecule has 1 aromatic carbocycles. The van der Waals surface area contributed by atoms with E-state index in [9.17, 15) is 8.42 Å². The highest BCUT2D eigenvalue weighted by atomic mass is 32.2. The van der Waals surface area contributed by atoms with Crippen LogP contribution in [0.4, 0.5) is 0 Å². The van der Waals surface area contributed by atoms with Crippen molar-refractivity contribution < 1.29 is 13.2 Å². The van der Waals surface area contributed by atoms with Gasteiger partial charge in [-0.3, -0.25) is 0 Å². The maximum Gasteiger partial charge on any atom is 0.240 e. The van der Waals surface area contributed by atoms with Crippen LogP contribution in [-0.4, -0.2) is 25.0 Å². The van der Waals surface area contributed by atoms with E-state index in [0.29, 0.717) is 18.1 Å². The monoisotopic (exact) mass is 335 g/mol. The van der Waals surface area contributed by atoms with Gasteiger partial charge in [0, 0.05) is 5.69 Å². The molecule has 23 heavy (non-hydrogen) atoms. The summed E-state index contributed by atoms with van der Waals surface area (Å²) in [6.07, 6.45) is 3.44. The zero-order valence-corrected chi connectivity index (χ0v) is 14.1. The van der Waals surface area contributed by atoms with Crippen molar-refractivity contribution >= 4 is 10.0 Å². The SMILES string of the molecule is CCCCOc1ccc(S(=O)(=O)NCc2cc(C)ncn2)cc1. The Bertz CT molecular complexity index is 730. The van der Waals surface area contributed by atoms with Gasteiger partial charge in [-0.1, -0.05) is 13.3 Å². The van der Waals surface area contributed by atoms with Crippen LogP contribution in [0.1, 0.15) is 31.2 Å². The molecule has 2 rings (SSSR count). The van der Waals surface area contributed by atoms with Crippen molar-refractivity contribution in [1.29, 1.82) is 0 Å². The maximum atomic E-state index is 12.3. The highest BCUT2D eigenvalue weighted by Gasteiger charge is 2.14. The molecule has 1 N–H and O–H groups in total. The largest absolute Gasteiger partial charge is 0.494 e. The van der Waals surface area contributed by atoms with Gasteiger partial charge in [0.25, 0.3) is 0 Å². The summed E-state index contributed by atoms with van der Waals surface area (Å²) in [5.74, 6) is 0.670. The normalized spacial score (nSPS) is 11.4. The third kappa shape index (κ3) is 5.30. The number of aromatic nitrogens is 2. The fourth-order valence-electron chi connectivity index (χ4n) is 1.91. The Kier molecular flexibility index (Phi) is 6.06. The Balaban J connectivity index is 1.98. The number of nitrogens with one attached hydrogen (secondary N) is 1. The summed E-state index contributed by atoms with van der Waals surface area (Å²) in [6.45, 7) is 4.68. The molecule has 0 aliphatic heterocycles. The molecule has 0 bridgehead atoms. The molecule has 0 radical (unpaired) electrons. The Hall–Kier alpha value is -1.99. The smallest absolute Gasteiger partial charge is 0.240 e. The number of rotatable bonds is 8. The van der Waals surface area contributed by atoms with Gasteiger partial charge >= 0.3 is 0 Å². The number of benzene rings is 1. The van der Waals surface area contributed by atoms with Crippen molar-refractivity contribution in [3.05, 3.63) is 48.0 Å². The Morgan fingerprint density at radius 3 is 2.57 bits per heavy atom. The Morgan fingerprint density at radius 1 is 1.17 bits per heavy atom. The molecule has 2 aromatic rings. The zero-order valence-electron chi connectivity index (χ0n) is 13.3. The molecule has 124 valence electrons. The van der Waals surface area contributed by atoms with E-state index in [4.69, 9.17) is 4.74 Å². The first kappa shape index (κ1) is 17.4. The van der Waals surface area contributed by atoms with Gasteiger partial charge in [0.1, 0.15) is 12.1 Å². The minimum Gasteiger partial charge on any atom is -0.494 e. The number of hydrogen-bond acceptors (Lipinski definition) is 5. The van der Waals surface area contributed by atoms with E-state index in [-0.39, 0.29) is 11.4 Å².